The van der Waals surface area contributed by atoms with Crippen LogP contribution in [0.15, 0.2) is 30.3 Å². The molecule has 3 N–H and O–H groups in total. The molecule has 86 valence electrons. The molecule has 0 aromatic heterocycles. The Morgan fingerprint density at radius 1 is 1.31 bits per heavy atom. The number of rotatable bonds is 3. The van der Waals surface area contributed by atoms with Gasteiger partial charge in [0.15, 0.2) is 0 Å². The van der Waals surface area contributed by atoms with Gasteiger partial charge in [0.1, 0.15) is 0 Å². The van der Waals surface area contributed by atoms with Crippen LogP contribution >= 0.6 is 0 Å². The lowest BCUT2D eigenvalue weighted by molar-refractivity contribution is 0.0946. The van der Waals surface area contributed by atoms with Crippen LogP contribution in [0.25, 0.3) is 0 Å². The molecule has 3 nitrogen and oxygen atoms in total. The van der Waals surface area contributed by atoms with Crippen molar-refractivity contribution in [3.05, 3.63) is 35.9 Å². The largest absolute Gasteiger partial charge is 0.352 e. The molecule has 1 fully saturated rings. The first kappa shape index (κ1) is 11.1. The highest BCUT2D eigenvalue weighted by atomic mass is 16.1. The molecule has 2 rings (SSSR count). The number of carbonyl (C=O) groups excluding carboxylic acids is 1. The fourth-order valence-electron chi connectivity index (χ4n) is 2.23. The van der Waals surface area contributed by atoms with Crippen molar-refractivity contribution in [2.24, 2.45) is 11.7 Å². The zero-order chi connectivity index (χ0) is 11.4. The minimum atomic E-state index is -0.000278. The van der Waals surface area contributed by atoms with Gasteiger partial charge in [-0.1, -0.05) is 24.6 Å². The van der Waals surface area contributed by atoms with Crippen molar-refractivity contribution in [1.29, 1.82) is 0 Å². The molecule has 0 spiro atoms. The second-order valence-corrected chi connectivity index (χ2v) is 4.43. The number of carbonyl (C=O) groups is 1. The fourth-order valence-corrected chi connectivity index (χ4v) is 2.23. The molecule has 0 aliphatic heterocycles. The first-order valence-electron chi connectivity index (χ1n) is 5.86. The Bertz CT molecular complexity index is 350. The summed E-state index contributed by atoms with van der Waals surface area (Å²) >= 11 is 0. The van der Waals surface area contributed by atoms with Gasteiger partial charge in [-0.05, 0) is 30.9 Å². The summed E-state index contributed by atoms with van der Waals surface area (Å²) in [5.41, 5.74) is 6.67. The van der Waals surface area contributed by atoms with Crippen LogP contribution in [-0.4, -0.2) is 18.5 Å². The van der Waals surface area contributed by atoms with Crippen molar-refractivity contribution in [3.63, 3.8) is 0 Å². The van der Waals surface area contributed by atoms with Crippen LogP contribution < -0.4 is 11.1 Å². The van der Waals surface area contributed by atoms with E-state index < -0.39 is 0 Å². The summed E-state index contributed by atoms with van der Waals surface area (Å²) in [6.45, 7) is 0.703. The Hall–Kier alpha value is -1.35. The van der Waals surface area contributed by atoms with Gasteiger partial charge in [0, 0.05) is 18.2 Å². The monoisotopic (exact) mass is 218 g/mol. The average Bonchev–Trinajstić information content (AvgIpc) is 2.73. The first-order chi connectivity index (χ1) is 7.77. The Labute approximate surface area is 96.0 Å². The third kappa shape index (κ3) is 2.61. The van der Waals surface area contributed by atoms with Gasteiger partial charge in [-0.15, -0.1) is 0 Å². The first-order valence-corrected chi connectivity index (χ1v) is 5.86. The van der Waals surface area contributed by atoms with Crippen LogP contribution in [0.2, 0.25) is 0 Å². The predicted molar refractivity (Wildman–Crippen MR) is 64.1 cm³/mol. The van der Waals surface area contributed by atoms with Gasteiger partial charge in [-0.2, -0.15) is 0 Å². The number of amides is 1. The molecule has 0 heterocycles. The van der Waals surface area contributed by atoms with Gasteiger partial charge in [0.25, 0.3) is 5.91 Å². The smallest absolute Gasteiger partial charge is 0.251 e. The summed E-state index contributed by atoms with van der Waals surface area (Å²) in [7, 11) is 0. The van der Waals surface area contributed by atoms with Crippen LogP contribution in [0.3, 0.4) is 0 Å². The number of nitrogens with one attached hydrogen (secondary N) is 1. The maximum atomic E-state index is 11.8. The van der Waals surface area contributed by atoms with Gasteiger partial charge in [-0.3, -0.25) is 4.79 Å². The van der Waals surface area contributed by atoms with Gasteiger partial charge < -0.3 is 11.1 Å². The van der Waals surface area contributed by atoms with E-state index in [9.17, 15) is 4.79 Å². The van der Waals surface area contributed by atoms with E-state index in [1.165, 1.54) is 6.42 Å². The molecule has 1 aromatic rings. The highest BCUT2D eigenvalue weighted by molar-refractivity contribution is 5.94. The Morgan fingerprint density at radius 3 is 2.69 bits per heavy atom. The molecular weight excluding hydrogens is 200 g/mol. The van der Waals surface area contributed by atoms with Crippen LogP contribution in [0.5, 0.6) is 0 Å². The SMILES string of the molecule is NC1CCCC1CNC(=O)c1ccccc1. The molecule has 1 amide bonds. The van der Waals surface area contributed by atoms with E-state index in [2.05, 4.69) is 5.32 Å². The quantitative estimate of drug-likeness (QED) is 0.808. The van der Waals surface area contributed by atoms with Crippen molar-refractivity contribution in [2.45, 2.75) is 25.3 Å². The standard InChI is InChI=1S/C13H18N2O/c14-12-8-4-7-11(12)9-15-13(16)10-5-2-1-3-6-10/h1-3,5-6,11-12H,4,7-9,14H2,(H,15,16). The van der Waals surface area contributed by atoms with Crippen LogP contribution in [0.1, 0.15) is 29.6 Å². The molecule has 0 bridgehead atoms. The molecule has 1 aliphatic carbocycles. The minimum absolute atomic E-state index is 0.000278. The normalized spacial score (nSPS) is 24.3. The molecule has 0 saturated heterocycles. The molecule has 16 heavy (non-hydrogen) atoms. The Morgan fingerprint density at radius 2 is 2.06 bits per heavy atom. The van der Waals surface area contributed by atoms with Crippen molar-refractivity contribution in [2.75, 3.05) is 6.54 Å². The van der Waals surface area contributed by atoms with Gasteiger partial charge >= 0.3 is 0 Å². The number of hydrogen-bond acceptors (Lipinski definition) is 2. The number of nitrogens with two attached hydrogens (primary N) is 1. The van der Waals surface area contributed by atoms with Gasteiger partial charge in [0.2, 0.25) is 0 Å². The fraction of sp³-hybridized carbons (Fsp3) is 0.462. The van der Waals surface area contributed by atoms with Gasteiger partial charge in [-0.25, -0.2) is 0 Å². The van der Waals surface area contributed by atoms with Crippen LogP contribution in [0, 0.1) is 5.92 Å². The summed E-state index contributed by atoms with van der Waals surface area (Å²) in [5.74, 6) is 0.451. The average molecular weight is 218 g/mol. The number of hydrogen-bond donors (Lipinski definition) is 2. The zero-order valence-corrected chi connectivity index (χ0v) is 9.36. The van der Waals surface area contributed by atoms with E-state index in [0.717, 1.165) is 12.8 Å². The number of benzene rings is 1. The summed E-state index contributed by atoms with van der Waals surface area (Å²) < 4.78 is 0. The molecule has 2 unspecified atom stereocenters. The topological polar surface area (TPSA) is 55.1 Å². The summed E-state index contributed by atoms with van der Waals surface area (Å²) in [6, 6.07) is 9.56. The van der Waals surface area contributed by atoms with Crippen molar-refractivity contribution in [1.82, 2.24) is 5.32 Å². The lowest BCUT2D eigenvalue weighted by atomic mass is 10.0. The molecule has 1 saturated carbocycles. The highest BCUT2D eigenvalue weighted by Gasteiger charge is 2.24. The zero-order valence-electron chi connectivity index (χ0n) is 9.36. The maximum absolute atomic E-state index is 11.8. The van der Waals surface area contributed by atoms with Crippen molar-refractivity contribution >= 4 is 5.91 Å². The van der Waals surface area contributed by atoms with E-state index in [1.807, 2.05) is 30.3 Å². The molecule has 0 radical (unpaired) electrons. The van der Waals surface area contributed by atoms with Crippen molar-refractivity contribution < 1.29 is 4.79 Å². The Kier molecular flexibility index (Phi) is 3.57. The van der Waals surface area contributed by atoms with E-state index in [-0.39, 0.29) is 11.9 Å². The third-order valence-electron chi connectivity index (χ3n) is 3.28. The highest BCUT2D eigenvalue weighted by Crippen LogP contribution is 2.23. The molecule has 1 aliphatic rings. The van der Waals surface area contributed by atoms with E-state index >= 15 is 0 Å². The molecular formula is C13H18N2O. The van der Waals surface area contributed by atoms with E-state index in [0.29, 0.717) is 18.0 Å². The summed E-state index contributed by atoms with van der Waals surface area (Å²) in [4.78, 5) is 11.8. The Balaban J connectivity index is 1.84. The van der Waals surface area contributed by atoms with Gasteiger partial charge in [0.05, 0.1) is 0 Å². The second-order valence-electron chi connectivity index (χ2n) is 4.43. The van der Waals surface area contributed by atoms with E-state index in [4.69, 9.17) is 5.73 Å². The van der Waals surface area contributed by atoms with Crippen molar-refractivity contribution in [3.8, 4) is 0 Å². The second kappa shape index (κ2) is 5.12. The molecule has 3 heteroatoms. The predicted octanol–water partition coefficient (Wildman–Crippen LogP) is 1.54. The summed E-state index contributed by atoms with van der Waals surface area (Å²) in [6.07, 6.45) is 3.41. The third-order valence-corrected chi connectivity index (χ3v) is 3.28. The van der Waals surface area contributed by atoms with Crippen LogP contribution in [-0.2, 0) is 0 Å². The lowest BCUT2D eigenvalue weighted by Crippen LogP contribution is -2.35. The van der Waals surface area contributed by atoms with Crippen LogP contribution in [0.4, 0.5) is 0 Å². The maximum Gasteiger partial charge on any atom is 0.251 e. The molecule has 1 aromatic carbocycles. The summed E-state index contributed by atoms with van der Waals surface area (Å²) in [5, 5.41) is 2.95. The molecule has 2 atom stereocenters. The lowest BCUT2D eigenvalue weighted by Gasteiger charge is -2.15. The van der Waals surface area contributed by atoms with E-state index in [1.54, 1.807) is 0 Å². The minimum Gasteiger partial charge on any atom is -0.352 e.